The van der Waals surface area contributed by atoms with E-state index in [9.17, 15) is 0 Å². The topological polar surface area (TPSA) is 51.8 Å². The molecular weight excluding hydrogens is 246 g/mol. The van der Waals surface area contributed by atoms with Gasteiger partial charge in [0.15, 0.2) is 0 Å². The van der Waals surface area contributed by atoms with Crippen LogP contribution in [0.5, 0.6) is 0 Å². The van der Waals surface area contributed by atoms with Crippen LogP contribution in [0.3, 0.4) is 0 Å². The van der Waals surface area contributed by atoms with E-state index < -0.39 is 0 Å². The van der Waals surface area contributed by atoms with Crippen molar-refractivity contribution in [2.45, 2.75) is 50.3 Å². The molecule has 0 radical (unpaired) electrons. The molecule has 0 unspecified atom stereocenters. The zero-order valence-electron chi connectivity index (χ0n) is 11.3. The van der Waals surface area contributed by atoms with Crippen LogP contribution in [0.4, 0.5) is 0 Å². The lowest BCUT2D eigenvalue weighted by molar-refractivity contribution is 0.430. The van der Waals surface area contributed by atoms with Crippen molar-refractivity contribution in [3.8, 4) is 0 Å². The number of hydrogen-bond donors (Lipinski definition) is 0. The quantitative estimate of drug-likeness (QED) is 0.776. The van der Waals surface area contributed by atoms with Gasteiger partial charge in [-0.15, -0.1) is 0 Å². The lowest BCUT2D eigenvalue weighted by Crippen LogP contribution is -2.15. The monoisotopic (exact) mass is 263 g/mol. The number of aromatic nitrogens is 3. The average Bonchev–Trinajstić information content (AvgIpc) is 2.57. The normalized spacial score (nSPS) is 11.8. The molecule has 0 aromatic carbocycles. The van der Waals surface area contributed by atoms with E-state index >= 15 is 0 Å². The van der Waals surface area contributed by atoms with Gasteiger partial charge < -0.3 is 4.42 Å². The standard InChI is InChI=1S/C13H17N3OS/c1-8-9(2)17-12(15-8)18-10-6-7-14-11(16-10)13(3,4)5/h6-7H,1-5H3. The summed E-state index contributed by atoms with van der Waals surface area (Å²) in [4.78, 5) is 13.2. The molecule has 0 spiro atoms. The van der Waals surface area contributed by atoms with Crippen LogP contribution < -0.4 is 0 Å². The van der Waals surface area contributed by atoms with Gasteiger partial charge in [0, 0.05) is 11.6 Å². The Bertz CT molecular complexity index is 538. The minimum atomic E-state index is -0.0566. The fraction of sp³-hybridized carbons (Fsp3) is 0.462. The van der Waals surface area contributed by atoms with Gasteiger partial charge >= 0.3 is 0 Å². The summed E-state index contributed by atoms with van der Waals surface area (Å²) in [6.45, 7) is 10.1. The summed E-state index contributed by atoms with van der Waals surface area (Å²) in [5.74, 6) is 1.68. The van der Waals surface area contributed by atoms with E-state index in [1.807, 2.05) is 19.9 Å². The second kappa shape index (κ2) is 4.72. The highest BCUT2D eigenvalue weighted by Crippen LogP contribution is 2.28. The van der Waals surface area contributed by atoms with Gasteiger partial charge in [-0.3, -0.25) is 0 Å². The fourth-order valence-corrected chi connectivity index (χ4v) is 2.13. The van der Waals surface area contributed by atoms with Crippen molar-refractivity contribution in [1.82, 2.24) is 15.0 Å². The van der Waals surface area contributed by atoms with Gasteiger partial charge in [-0.2, -0.15) is 0 Å². The summed E-state index contributed by atoms with van der Waals surface area (Å²) >= 11 is 1.42. The van der Waals surface area contributed by atoms with E-state index in [1.54, 1.807) is 6.20 Å². The number of aryl methyl sites for hydroxylation is 2. The van der Waals surface area contributed by atoms with Crippen molar-refractivity contribution >= 4 is 11.8 Å². The minimum Gasteiger partial charge on any atom is -0.436 e. The molecule has 18 heavy (non-hydrogen) atoms. The molecular formula is C13H17N3OS. The lowest BCUT2D eigenvalue weighted by atomic mass is 9.96. The third-order valence-electron chi connectivity index (χ3n) is 2.50. The molecule has 2 rings (SSSR count). The van der Waals surface area contributed by atoms with Crippen molar-refractivity contribution in [3.63, 3.8) is 0 Å². The maximum absolute atomic E-state index is 5.54. The second-order valence-corrected chi connectivity index (χ2v) is 6.16. The second-order valence-electron chi connectivity index (χ2n) is 5.19. The molecule has 2 aromatic rings. The van der Waals surface area contributed by atoms with E-state index in [4.69, 9.17) is 4.42 Å². The van der Waals surface area contributed by atoms with Crippen molar-refractivity contribution < 1.29 is 4.42 Å². The highest BCUT2D eigenvalue weighted by molar-refractivity contribution is 7.99. The van der Waals surface area contributed by atoms with Gasteiger partial charge in [-0.1, -0.05) is 20.8 Å². The molecule has 0 amide bonds. The molecule has 0 aliphatic rings. The summed E-state index contributed by atoms with van der Waals surface area (Å²) in [7, 11) is 0. The summed E-state index contributed by atoms with van der Waals surface area (Å²) in [6, 6.07) is 1.87. The van der Waals surface area contributed by atoms with E-state index in [0.717, 1.165) is 22.3 Å². The van der Waals surface area contributed by atoms with Crippen LogP contribution >= 0.6 is 11.8 Å². The molecule has 0 saturated heterocycles. The van der Waals surface area contributed by atoms with Crippen LogP contribution in [-0.2, 0) is 5.41 Å². The summed E-state index contributed by atoms with van der Waals surface area (Å²) < 4.78 is 5.54. The van der Waals surface area contributed by atoms with Crippen LogP contribution in [0.25, 0.3) is 0 Å². The van der Waals surface area contributed by atoms with Crippen LogP contribution in [0.1, 0.15) is 38.0 Å². The zero-order valence-corrected chi connectivity index (χ0v) is 12.1. The Morgan fingerprint density at radius 3 is 2.44 bits per heavy atom. The van der Waals surface area contributed by atoms with Crippen molar-refractivity contribution in [2.24, 2.45) is 0 Å². The Balaban J connectivity index is 2.24. The Morgan fingerprint density at radius 2 is 1.89 bits per heavy atom. The largest absolute Gasteiger partial charge is 0.436 e. The first-order chi connectivity index (χ1) is 8.36. The first-order valence-corrected chi connectivity index (χ1v) is 6.63. The molecule has 0 N–H and O–H groups in total. The van der Waals surface area contributed by atoms with Crippen LogP contribution in [0.15, 0.2) is 26.9 Å². The maximum Gasteiger partial charge on any atom is 0.262 e. The Hall–Kier alpha value is -1.36. The minimum absolute atomic E-state index is 0.0566. The Morgan fingerprint density at radius 1 is 1.17 bits per heavy atom. The van der Waals surface area contributed by atoms with Crippen LogP contribution in [0.2, 0.25) is 0 Å². The summed E-state index contributed by atoms with van der Waals surface area (Å²) in [6.07, 6.45) is 1.78. The highest BCUT2D eigenvalue weighted by Gasteiger charge is 2.18. The van der Waals surface area contributed by atoms with Crippen LogP contribution in [0, 0.1) is 13.8 Å². The van der Waals surface area contributed by atoms with Crippen molar-refractivity contribution in [1.29, 1.82) is 0 Å². The van der Waals surface area contributed by atoms with Gasteiger partial charge in [0.05, 0.1) is 5.69 Å². The molecule has 5 heteroatoms. The Kier molecular flexibility index (Phi) is 3.43. The van der Waals surface area contributed by atoms with Gasteiger partial charge in [0.2, 0.25) is 0 Å². The number of hydrogen-bond acceptors (Lipinski definition) is 5. The average molecular weight is 263 g/mol. The molecule has 2 heterocycles. The summed E-state index contributed by atoms with van der Waals surface area (Å²) in [5.41, 5.74) is 0.863. The first-order valence-electron chi connectivity index (χ1n) is 5.81. The highest BCUT2D eigenvalue weighted by atomic mass is 32.2. The van der Waals surface area contributed by atoms with Crippen molar-refractivity contribution in [3.05, 3.63) is 29.5 Å². The smallest absolute Gasteiger partial charge is 0.262 e. The first kappa shape index (κ1) is 13.1. The summed E-state index contributed by atoms with van der Waals surface area (Å²) in [5, 5.41) is 1.49. The molecule has 0 bridgehead atoms. The predicted octanol–water partition coefficient (Wildman–Crippen LogP) is 3.53. The van der Waals surface area contributed by atoms with Gasteiger partial charge in [-0.05, 0) is 31.7 Å². The SMILES string of the molecule is Cc1nc(Sc2ccnc(C(C)(C)C)n2)oc1C. The molecule has 96 valence electrons. The number of rotatable bonds is 2. The third-order valence-corrected chi connectivity index (χ3v) is 3.29. The molecule has 0 aliphatic heterocycles. The number of nitrogens with zero attached hydrogens (tertiary/aromatic N) is 3. The van der Waals surface area contributed by atoms with Gasteiger partial charge in [-0.25, -0.2) is 15.0 Å². The zero-order chi connectivity index (χ0) is 13.3. The predicted molar refractivity (Wildman–Crippen MR) is 70.8 cm³/mol. The van der Waals surface area contributed by atoms with E-state index in [2.05, 4.69) is 35.7 Å². The lowest BCUT2D eigenvalue weighted by Gasteiger charge is -2.16. The molecule has 0 fully saturated rings. The molecule has 2 aromatic heterocycles. The van der Waals surface area contributed by atoms with Crippen molar-refractivity contribution in [2.75, 3.05) is 0 Å². The number of oxazole rings is 1. The third kappa shape index (κ3) is 2.90. The van der Waals surface area contributed by atoms with Crippen LogP contribution in [-0.4, -0.2) is 15.0 Å². The van der Waals surface area contributed by atoms with E-state index in [-0.39, 0.29) is 5.41 Å². The maximum atomic E-state index is 5.54. The van der Waals surface area contributed by atoms with Gasteiger partial charge in [0.25, 0.3) is 5.22 Å². The Labute approximate surface area is 111 Å². The molecule has 0 atom stereocenters. The molecule has 4 nitrogen and oxygen atoms in total. The molecule has 0 saturated carbocycles. The fourth-order valence-electron chi connectivity index (χ4n) is 1.34. The molecule has 0 aliphatic carbocycles. The van der Waals surface area contributed by atoms with E-state index in [1.165, 1.54) is 11.8 Å². The van der Waals surface area contributed by atoms with Gasteiger partial charge in [0.1, 0.15) is 16.6 Å². The van der Waals surface area contributed by atoms with E-state index in [0.29, 0.717) is 5.22 Å².